The number of halogens is 2. The van der Waals surface area contributed by atoms with Crippen LogP contribution in [0.5, 0.6) is 17.2 Å². The predicted molar refractivity (Wildman–Crippen MR) is 227 cm³/mol. The zero-order valence-electron chi connectivity index (χ0n) is 33.4. The number of hydrogen-bond donors (Lipinski definition) is 2. The maximum Gasteiger partial charge on any atom is 0.326 e. The van der Waals surface area contributed by atoms with Gasteiger partial charge in [0, 0.05) is 30.9 Å². The van der Waals surface area contributed by atoms with E-state index in [9.17, 15) is 14.7 Å². The SMILES string of the molecule is CCC(C(C)C)N1Cc2cc3c(cc2C[C@H]1C(=O)NC(Cc1ccc(-c2ccnc(C)c2C)cc1)C(=O)O)OC[C@H](c1ccc(OCc2ccc(Cl)c(Cl)c2)cc1)O3. The first-order valence-corrected chi connectivity index (χ1v) is 20.6. The molecule has 0 spiro atoms. The first kappa shape index (κ1) is 41.1. The first-order chi connectivity index (χ1) is 27.9. The fraction of sp³-hybridized carbons (Fsp3) is 0.340. The van der Waals surface area contributed by atoms with Gasteiger partial charge >= 0.3 is 5.97 Å². The minimum absolute atomic E-state index is 0.0957. The van der Waals surface area contributed by atoms with E-state index in [4.69, 9.17) is 37.4 Å². The molecule has 0 fully saturated rings. The summed E-state index contributed by atoms with van der Waals surface area (Å²) in [5.74, 6) is 0.893. The summed E-state index contributed by atoms with van der Waals surface area (Å²) in [7, 11) is 0. The summed E-state index contributed by atoms with van der Waals surface area (Å²) in [6.45, 7) is 11.7. The Morgan fingerprint density at radius 2 is 1.66 bits per heavy atom. The number of carbonyl (C=O) groups is 2. The molecule has 4 aromatic carbocycles. The summed E-state index contributed by atoms with van der Waals surface area (Å²) >= 11 is 12.2. The third-order valence-electron chi connectivity index (χ3n) is 11.4. The van der Waals surface area contributed by atoms with E-state index in [0.717, 1.165) is 56.6 Å². The molecule has 302 valence electrons. The van der Waals surface area contributed by atoms with E-state index in [-0.39, 0.29) is 30.4 Å². The van der Waals surface area contributed by atoms with Crippen LogP contribution >= 0.6 is 23.2 Å². The minimum Gasteiger partial charge on any atom is -0.489 e. The molecular weight excluding hydrogens is 773 g/mol. The smallest absolute Gasteiger partial charge is 0.326 e. The Hall–Kier alpha value is -5.09. The number of nitrogens with one attached hydrogen (secondary N) is 1. The van der Waals surface area contributed by atoms with Crippen molar-refractivity contribution < 1.29 is 28.9 Å². The van der Waals surface area contributed by atoms with Crippen molar-refractivity contribution in [3.05, 3.63) is 140 Å². The Labute approximate surface area is 350 Å². The standard InChI is InChI=1S/C47H49Cl2N3O6/c1-6-41(27(2)3)52-24-35-23-44-43(57-26-45(58-44)33-12-14-36(15-13-33)56-25-31-9-16-38(48)39(49)19-31)22-34(35)21-42(52)46(53)51-40(47(54)55)20-30-7-10-32(11-8-30)37-17-18-50-29(5)28(37)4/h7-19,22-23,27,40-42,45H,6,20-21,24-26H2,1-5H3,(H,51,53)(H,54,55)/t40?,41?,42-,45+/m0/s1. The van der Waals surface area contributed by atoms with Crippen molar-refractivity contribution >= 4 is 35.1 Å². The number of nitrogens with zero attached hydrogens (tertiary/aromatic N) is 2. The van der Waals surface area contributed by atoms with Gasteiger partial charge in [0.05, 0.1) is 16.1 Å². The molecule has 2 aliphatic rings. The summed E-state index contributed by atoms with van der Waals surface area (Å²) in [5, 5.41) is 14.2. The highest BCUT2D eigenvalue weighted by molar-refractivity contribution is 6.42. The van der Waals surface area contributed by atoms with Crippen molar-refractivity contribution in [1.29, 1.82) is 0 Å². The second kappa shape index (κ2) is 17.8. The number of aliphatic carboxylic acids is 1. The van der Waals surface area contributed by atoms with Gasteiger partial charge in [-0.3, -0.25) is 14.7 Å². The highest BCUT2D eigenvalue weighted by Gasteiger charge is 2.39. The number of carboxylic acid groups (broad SMARTS) is 1. The Morgan fingerprint density at radius 3 is 2.34 bits per heavy atom. The van der Waals surface area contributed by atoms with Crippen molar-refractivity contribution in [3.8, 4) is 28.4 Å². The van der Waals surface area contributed by atoms with Crippen LogP contribution in [0.1, 0.15) is 72.4 Å². The largest absolute Gasteiger partial charge is 0.489 e. The zero-order chi connectivity index (χ0) is 41.1. The molecule has 0 aliphatic carbocycles. The highest BCUT2D eigenvalue weighted by atomic mass is 35.5. The van der Waals surface area contributed by atoms with Crippen LogP contribution in [0.25, 0.3) is 11.1 Å². The molecule has 2 aliphatic heterocycles. The summed E-state index contributed by atoms with van der Waals surface area (Å²) in [6, 6.07) is 25.5. The zero-order valence-corrected chi connectivity index (χ0v) is 34.9. The molecule has 3 heterocycles. The number of carboxylic acids is 1. The molecule has 2 unspecified atom stereocenters. The number of rotatable bonds is 13. The topological polar surface area (TPSA) is 110 Å². The lowest BCUT2D eigenvalue weighted by molar-refractivity contribution is -0.143. The van der Waals surface area contributed by atoms with E-state index in [1.165, 1.54) is 0 Å². The Bertz CT molecular complexity index is 2280. The van der Waals surface area contributed by atoms with Gasteiger partial charge in [-0.25, -0.2) is 4.79 Å². The number of ether oxygens (including phenoxy) is 3. The van der Waals surface area contributed by atoms with E-state index in [0.29, 0.717) is 53.5 Å². The maximum absolute atomic E-state index is 14.2. The number of amides is 1. The number of carbonyl (C=O) groups excluding carboxylic acids is 1. The van der Waals surface area contributed by atoms with E-state index in [1.54, 1.807) is 18.3 Å². The minimum atomic E-state index is -1.09. The van der Waals surface area contributed by atoms with Gasteiger partial charge in [-0.1, -0.05) is 86.4 Å². The lowest BCUT2D eigenvalue weighted by Gasteiger charge is -2.43. The van der Waals surface area contributed by atoms with Crippen LogP contribution in [0.15, 0.2) is 91.1 Å². The first-order valence-electron chi connectivity index (χ1n) is 19.8. The van der Waals surface area contributed by atoms with Crippen LogP contribution < -0.4 is 19.5 Å². The molecule has 4 atom stereocenters. The number of aromatic nitrogens is 1. The summed E-state index contributed by atoms with van der Waals surface area (Å²) < 4.78 is 18.8. The van der Waals surface area contributed by atoms with Crippen molar-refractivity contribution in [1.82, 2.24) is 15.2 Å². The Kier molecular flexibility index (Phi) is 12.6. The number of benzene rings is 4. The number of pyridine rings is 1. The summed E-state index contributed by atoms with van der Waals surface area (Å²) in [4.78, 5) is 33.4. The Morgan fingerprint density at radius 1 is 0.931 bits per heavy atom. The lowest BCUT2D eigenvalue weighted by atomic mass is 9.88. The van der Waals surface area contributed by atoms with Gasteiger partial charge in [-0.05, 0) is 120 Å². The highest BCUT2D eigenvalue weighted by Crippen LogP contribution is 2.42. The second-order valence-corrected chi connectivity index (χ2v) is 16.4. The van der Waals surface area contributed by atoms with Crippen LogP contribution in [0.4, 0.5) is 0 Å². The molecule has 0 bridgehead atoms. The number of fused-ring (bicyclic) bond motifs is 2. The lowest BCUT2D eigenvalue weighted by Crippen LogP contribution is -2.57. The molecule has 7 rings (SSSR count). The van der Waals surface area contributed by atoms with E-state index in [2.05, 4.69) is 36.0 Å². The van der Waals surface area contributed by atoms with Gasteiger partial charge < -0.3 is 24.6 Å². The molecule has 1 amide bonds. The fourth-order valence-corrected chi connectivity index (χ4v) is 8.39. The van der Waals surface area contributed by atoms with Crippen LogP contribution in [-0.2, 0) is 35.6 Å². The van der Waals surface area contributed by atoms with Gasteiger partial charge in [-0.15, -0.1) is 0 Å². The normalized spacial score (nSPS) is 17.3. The van der Waals surface area contributed by atoms with Crippen molar-refractivity contribution in [2.75, 3.05) is 6.61 Å². The fourth-order valence-electron chi connectivity index (χ4n) is 8.07. The number of aryl methyl sites for hydroxylation is 1. The van der Waals surface area contributed by atoms with Crippen molar-refractivity contribution in [2.45, 2.75) is 91.3 Å². The van der Waals surface area contributed by atoms with Gasteiger partial charge in [0.25, 0.3) is 0 Å². The van der Waals surface area contributed by atoms with Gasteiger partial charge in [0.1, 0.15) is 25.0 Å². The molecule has 1 aromatic heterocycles. The maximum atomic E-state index is 14.2. The van der Waals surface area contributed by atoms with Gasteiger partial charge in [0.2, 0.25) is 5.91 Å². The molecule has 11 heteroatoms. The van der Waals surface area contributed by atoms with Gasteiger partial charge in [-0.2, -0.15) is 0 Å². The van der Waals surface area contributed by atoms with E-state index >= 15 is 0 Å². The predicted octanol–water partition coefficient (Wildman–Crippen LogP) is 9.74. The average Bonchev–Trinajstić information content (AvgIpc) is 3.21. The molecule has 0 saturated carbocycles. The van der Waals surface area contributed by atoms with Crippen LogP contribution in [0.3, 0.4) is 0 Å². The average molecular weight is 823 g/mol. The summed E-state index contributed by atoms with van der Waals surface area (Å²) in [6.07, 6.45) is 2.89. The van der Waals surface area contributed by atoms with Crippen LogP contribution in [0, 0.1) is 19.8 Å². The van der Waals surface area contributed by atoms with Crippen LogP contribution in [-0.4, -0.2) is 51.6 Å². The number of hydrogen-bond acceptors (Lipinski definition) is 7. The molecule has 9 nitrogen and oxygen atoms in total. The molecule has 2 N–H and O–H groups in total. The molecular formula is C47H49Cl2N3O6. The Balaban J connectivity index is 1.04. The van der Waals surface area contributed by atoms with Crippen LogP contribution in [0.2, 0.25) is 10.0 Å². The van der Waals surface area contributed by atoms with E-state index in [1.807, 2.05) is 86.6 Å². The molecule has 0 radical (unpaired) electrons. The van der Waals surface area contributed by atoms with Crippen molar-refractivity contribution in [3.63, 3.8) is 0 Å². The van der Waals surface area contributed by atoms with Crippen molar-refractivity contribution in [2.24, 2.45) is 5.92 Å². The third kappa shape index (κ3) is 9.12. The second-order valence-electron chi connectivity index (χ2n) is 15.6. The summed E-state index contributed by atoms with van der Waals surface area (Å²) in [5.41, 5.74) is 8.94. The monoisotopic (exact) mass is 821 g/mol. The quantitative estimate of drug-likeness (QED) is 0.121. The van der Waals surface area contributed by atoms with E-state index < -0.39 is 18.1 Å². The molecule has 58 heavy (non-hydrogen) atoms. The molecule has 0 saturated heterocycles. The van der Waals surface area contributed by atoms with Gasteiger partial charge in [0.15, 0.2) is 17.6 Å². The third-order valence-corrected chi connectivity index (χ3v) is 12.2. The molecule has 5 aromatic rings.